The molecule has 1 aliphatic rings. The highest BCUT2D eigenvalue weighted by Crippen LogP contribution is 2.45. The Morgan fingerprint density at radius 2 is 1.39 bits per heavy atom. The Morgan fingerprint density at radius 3 is 1.92 bits per heavy atom. The van der Waals surface area contributed by atoms with Crippen LogP contribution in [-0.2, 0) is 19.9 Å². The number of amides is 1. The van der Waals surface area contributed by atoms with Gasteiger partial charge in [0, 0.05) is 11.8 Å². The van der Waals surface area contributed by atoms with Crippen molar-refractivity contribution in [3.63, 3.8) is 0 Å². The first-order valence-corrected chi connectivity index (χ1v) is 16.2. The highest BCUT2D eigenvalue weighted by atomic mass is 16.6. The molecule has 0 bridgehead atoms. The molecule has 4 aromatic carbocycles. The minimum atomic E-state index is -1.29. The number of hydrogen-bond donors (Lipinski definition) is 2. The van der Waals surface area contributed by atoms with Crippen LogP contribution in [0.4, 0.5) is 5.82 Å². The highest BCUT2D eigenvalue weighted by molar-refractivity contribution is 6.03. The number of methoxy groups -OCH3 is 2. The quantitative estimate of drug-likeness (QED) is 0.109. The van der Waals surface area contributed by atoms with Crippen molar-refractivity contribution in [3.8, 4) is 11.5 Å². The molecule has 1 unspecified atom stereocenters. The van der Waals surface area contributed by atoms with Gasteiger partial charge in [0.1, 0.15) is 28.5 Å². The largest absolute Gasteiger partial charge is 0.497 e. The topological polar surface area (TPSA) is 138 Å². The van der Waals surface area contributed by atoms with Crippen LogP contribution in [0.1, 0.15) is 46.6 Å². The van der Waals surface area contributed by atoms with Crippen molar-refractivity contribution in [1.29, 1.82) is 0 Å². The van der Waals surface area contributed by atoms with E-state index in [1.165, 1.54) is 16.8 Å². The SMILES string of the molecule is COc1ccc(C(OCC2(C)O[C@@H](n3ccc(NC(=O)c4ccccc4)nc3=O)C=C2CC(=O)O)(c2ccccc2)c2ccc(OC)cc2)cc1. The van der Waals surface area contributed by atoms with Gasteiger partial charge in [0.25, 0.3) is 5.91 Å². The second-order valence-corrected chi connectivity index (χ2v) is 12.1. The molecule has 11 nitrogen and oxygen atoms in total. The molecule has 2 N–H and O–H groups in total. The number of anilines is 1. The molecule has 5 aromatic rings. The maximum absolute atomic E-state index is 13.3. The van der Waals surface area contributed by atoms with Gasteiger partial charge in [-0.2, -0.15) is 4.98 Å². The predicted molar refractivity (Wildman–Crippen MR) is 190 cm³/mol. The van der Waals surface area contributed by atoms with Gasteiger partial charge in [-0.05, 0) is 77.7 Å². The van der Waals surface area contributed by atoms with Crippen LogP contribution in [0.2, 0.25) is 0 Å². The van der Waals surface area contributed by atoms with E-state index < -0.39 is 35.0 Å². The first kappa shape index (κ1) is 34.8. The Kier molecular flexibility index (Phi) is 10.1. The molecule has 6 rings (SSSR count). The lowest BCUT2D eigenvalue weighted by Crippen LogP contribution is -2.42. The number of ether oxygens (including phenoxy) is 4. The first-order chi connectivity index (χ1) is 24.6. The van der Waals surface area contributed by atoms with Crippen LogP contribution in [0.3, 0.4) is 0 Å². The molecular weight excluding hydrogens is 650 g/mol. The van der Waals surface area contributed by atoms with Crippen LogP contribution in [0.5, 0.6) is 11.5 Å². The third-order valence-electron chi connectivity index (χ3n) is 8.86. The van der Waals surface area contributed by atoms with Crippen LogP contribution in [-0.4, -0.2) is 53.0 Å². The molecule has 1 amide bonds. The summed E-state index contributed by atoms with van der Waals surface area (Å²) in [5.74, 6) is -0.0841. The van der Waals surface area contributed by atoms with Crippen molar-refractivity contribution in [2.75, 3.05) is 26.1 Å². The summed E-state index contributed by atoms with van der Waals surface area (Å²) in [5.41, 5.74) is 0.0328. The lowest BCUT2D eigenvalue weighted by atomic mass is 9.79. The fourth-order valence-electron chi connectivity index (χ4n) is 6.17. The van der Waals surface area contributed by atoms with Gasteiger partial charge < -0.3 is 29.4 Å². The van der Waals surface area contributed by atoms with Gasteiger partial charge >= 0.3 is 11.7 Å². The zero-order chi connectivity index (χ0) is 36.0. The number of benzene rings is 4. The number of nitrogens with one attached hydrogen (secondary N) is 1. The summed E-state index contributed by atoms with van der Waals surface area (Å²) in [6.45, 7) is 1.63. The molecule has 2 atom stereocenters. The Hall–Kier alpha value is -6.04. The third-order valence-corrected chi connectivity index (χ3v) is 8.86. The molecule has 51 heavy (non-hydrogen) atoms. The standard InChI is InChI=1S/C40H37N3O8/c1-39(31(25-36(44)45)24-35(51-39)43-23-22-34(42-38(43)47)41-37(46)27-10-6-4-7-11-27)26-50-40(28-12-8-5-9-13-28,29-14-18-32(48-2)19-15-29)30-16-20-33(49-3)21-17-30/h4-24,35H,25-26H2,1-3H3,(H,44,45)(H,41,42,46,47)/t35-,39?/m1/s1. The van der Waals surface area contributed by atoms with Crippen molar-refractivity contribution >= 4 is 17.7 Å². The lowest BCUT2D eigenvalue weighted by Gasteiger charge is -2.39. The Balaban J connectivity index is 1.36. The summed E-state index contributed by atoms with van der Waals surface area (Å²) in [7, 11) is 3.19. The van der Waals surface area contributed by atoms with Gasteiger partial charge in [-0.3, -0.25) is 14.2 Å². The fraction of sp³-hybridized carbons (Fsp3) is 0.200. The van der Waals surface area contributed by atoms with Crippen molar-refractivity contribution in [3.05, 3.63) is 166 Å². The molecule has 0 radical (unpaired) electrons. The molecule has 0 aliphatic carbocycles. The maximum atomic E-state index is 13.3. The monoisotopic (exact) mass is 687 g/mol. The highest BCUT2D eigenvalue weighted by Gasteiger charge is 2.45. The number of carboxylic acid groups (broad SMARTS) is 1. The van der Waals surface area contributed by atoms with E-state index in [0.717, 1.165) is 16.7 Å². The zero-order valence-electron chi connectivity index (χ0n) is 28.3. The van der Waals surface area contributed by atoms with E-state index in [4.69, 9.17) is 18.9 Å². The Labute approximate surface area is 294 Å². The predicted octanol–water partition coefficient (Wildman–Crippen LogP) is 6.21. The van der Waals surface area contributed by atoms with Gasteiger partial charge in [-0.15, -0.1) is 0 Å². The molecule has 1 aromatic heterocycles. The molecule has 0 spiro atoms. The van der Waals surface area contributed by atoms with E-state index in [-0.39, 0.29) is 18.8 Å². The number of hydrogen-bond acceptors (Lipinski definition) is 8. The molecule has 1 aliphatic heterocycles. The van der Waals surface area contributed by atoms with Crippen molar-refractivity contribution in [2.24, 2.45) is 0 Å². The number of carbonyl (C=O) groups excluding carboxylic acids is 1. The van der Waals surface area contributed by atoms with Crippen molar-refractivity contribution in [1.82, 2.24) is 9.55 Å². The zero-order valence-corrected chi connectivity index (χ0v) is 28.3. The Morgan fingerprint density at radius 1 is 0.843 bits per heavy atom. The second-order valence-electron chi connectivity index (χ2n) is 12.1. The molecule has 0 fully saturated rings. The van der Waals surface area contributed by atoms with Crippen LogP contribution in [0, 0.1) is 0 Å². The summed E-state index contributed by atoms with van der Waals surface area (Å²) in [6, 6.07) is 34.8. The molecule has 260 valence electrons. The summed E-state index contributed by atoms with van der Waals surface area (Å²) < 4.78 is 25.7. The average Bonchev–Trinajstić information content (AvgIpc) is 3.47. The lowest BCUT2D eigenvalue weighted by molar-refractivity contribution is -0.139. The van der Waals surface area contributed by atoms with Gasteiger partial charge in [0.15, 0.2) is 6.23 Å². The molecule has 0 saturated heterocycles. The average molecular weight is 688 g/mol. The minimum absolute atomic E-state index is 0.0653. The number of aliphatic carboxylic acids is 1. The van der Waals surface area contributed by atoms with Crippen molar-refractivity contribution in [2.45, 2.75) is 30.8 Å². The van der Waals surface area contributed by atoms with Gasteiger partial charge in [-0.25, -0.2) is 4.79 Å². The fourth-order valence-corrected chi connectivity index (χ4v) is 6.17. The van der Waals surface area contributed by atoms with Gasteiger partial charge in [-0.1, -0.05) is 72.8 Å². The number of carbonyl (C=O) groups is 2. The number of rotatable bonds is 13. The van der Waals surface area contributed by atoms with Gasteiger partial charge in [0.2, 0.25) is 0 Å². The number of nitrogens with zero attached hydrogens (tertiary/aromatic N) is 2. The van der Waals surface area contributed by atoms with Crippen LogP contribution < -0.4 is 20.5 Å². The van der Waals surface area contributed by atoms with E-state index in [0.29, 0.717) is 22.6 Å². The minimum Gasteiger partial charge on any atom is -0.497 e. The molecular formula is C40H37N3O8. The van der Waals surface area contributed by atoms with Crippen LogP contribution in [0.25, 0.3) is 0 Å². The Bertz CT molecular complexity index is 2030. The van der Waals surface area contributed by atoms with Crippen molar-refractivity contribution < 1.29 is 33.6 Å². The van der Waals surface area contributed by atoms with E-state index in [1.54, 1.807) is 57.6 Å². The first-order valence-electron chi connectivity index (χ1n) is 16.2. The number of aromatic nitrogens is 2. The molecule has 11 heteroatoms. The number of carboxylic acids is 1. The van der Waals surface area contributed by atoms with E-state index in [2.05, 4.69) is 10.3 Å². The summed E-state index contributed by atoms with van der Waals surface area (Å²) in [4.78, 5) is 42.1. The van der Waals surface area contributed by atoms with Crippen LogP contribution >= 0.6 is 0 Å². The maximum Gasteiger partial charge on any atom is 0.351 e. The van der Waals surface area contributed by atoms with Gasteiger partial charge in [0.05, 0.1) is 27.2 Å². The van der Waals surface area contributed by atoms with E-state index >= 15 is 0 Å². The summed E-state index contributed by atoms with van der Waals surface area (Å²) >= 11 is 0. The third kappa shape index (κ3) is 7.30. The molecule has 0 saturated carbocycles. The summed E-state index contributed by atoms with van der Waals surface area (Å²) in [5, 5.41) is 12.5. The molecule has 2 heterocycles. The normalized spacial score (nSPS) is 17.0. The van der Waals surface area contributed by atoms with Crippen LogP contribution in [0.15, 0.2) is 138 Å². The second kappa shape index (κ2) is 14.8. The van der Waals surface area contributed by atoms with E-state index in [9.17, 15) is 19.5 Å². The summed E-state index contributed by atoms with van der Waals surface area (Å²) in [6.07, 6.45) is 1.70. The smallest absolute Gasteiger partial charge is 0.351 e. The van der Waals surface area contributed by atoms with E-state index in [1.807, 2.05) is 78.9 Å².